The van der Waals surface area contributed by atoms with Gasteiger partial charge in [-0.3, -0.25) is 0 Å². The highest BCUT2D eigenvalue weighted by atomic mass is 19.3. The quantitative estimate of drug-likeness (QED) is 0.733. The number of methoxy groups -OCH3 is 1. The van der Waals surface area contributed by atoms with E-state index in [0.717, 1.165) is 11.3 Å². The molecule has 1 aliphatic heterocycles. The molecule has 2 heterocycles. The molecule has 1 aromatic heterocycles. The lowest BCUT2D eigenvalue weighted by Gasteiger charge is -2.33. The van der Waals surface area contributed by atoms with Gasteiger partial charge in [0.15, 0.2) is 0 Å². The van der Waals surface area contributed by atoms with Crippen LogP contribution in [0, 0.1) is 0 Å². The summed E-state index contributed by atoms with van der Waals surface area (Å²) < 4.78 is 37.6. The van der Waals surface area contributed by atoms with Crippen molar-refractivity contribution < 1.29 is 18.3 Å². The summed E-state index contributed by atoms with van der Waals surface area (Å²) in [6.45, 7) is -2.89. The van der Waals surface area contributed by atoms with E-state index in [2.05, 4.69) is 15.4 Å². The molecular weight excluding hydrogens is 354 g/mol. The molecule has 0 unspecified atom stereocenters. The lowest BCUT2D eigenvalue weighted by Crippen LogP contribution is -2.28. The summed E-state index contributed by atoms with van der Waals surface area (Å²) >= 11 is 0. The maximum atomic E-state index is 12.8. The number of nitrogens with zero attached hydrogens (tertiary/aromatic N) is 3. The molecule has 0 aliphatic carbocycles. The number of rotatable bonds is 5. The highest BCUT2D eigenvalue weighted by Crippen LogP contribution is 2.42. The number of fused-ring (bicyclic) bond motifs is 1. The number of benzene rings is 2. The Morgan fingerprint density at radius 1 is 1.07 bits per heavy atom. The summed E-state index contributed by atoms with van der Waals surface area (Å²) in [4.78, 5) is 4.27. The minimum atomic E-state index is -2.89. The normalized spacial score (nSPS) is 18.7. The van der Waals surface area contributed by atoms with Gasteiger partial charge >= 0.3 is 6.61 Å². The Kier molecular flexibility index (Phi) is 4.62. The van der Waals surface area contributed by atoms with E-state index >= 15 is 0 Å². The molecule has 140 valence electrons. The highest BCUT2D eigenvalue weighted by molar-refractivity contribution is 5.45. The van der Waals surface area contributed by atoms with E-state index in [9.17, 15) is 8.78 Å². The van der Waals surface area contributed by atoms with Crippen molar-refractivity contribution >= 4 is 5.95 Å². The zero-order valence-corrected chi connectivity index (χ0v) is 14.5. The predicted molar refractivity (Wildman–Crippen MR) is 95.2 cm³/mol. The Labute approximate surface area is 154 Å². The molecule has 2 atom stereocenters. The number of ether oxygens (including phenoxy) is 2. The predicted octanol–water partition coefficient (Wildman–Crippen LogP) is 4.03. The number of nitrogens with one attached hydrogen (secondary N) is 1. The first-order valence-corrected chi connectivity index (χ1v) is 8.50. The Hall–Kier alpha value is -3.16. The van der Waals surface area contributed by atoms with Crippen LogP contribution in [0.25, 0.3) is 0 Å². The molecule has 8 heteroatoms. The molecule has 0 saturated heterocycles. The molecule has 4 rings (SSSR count). The zero-order valence-electron chi connectivity index (χ0n) is 14.5. The van der Waals surface area contributed by atoms with Crippen molar-refractivity contribution in [1.82, 2.24) is 14.8 Å². The van der Waals surface area contributed by atoms with Gasteiger partial charge in [0.1, 0.15) is 17.8 Å². The van der Waals surface area contributed by atoms with Crippen molar-refractivity contribution in [3.05, 3.63) is 66.0 Å². The van der Waals surface area contributed by atoms with Gasteiger partial charge in [-0.1, -0.05) is 36.4 Å². The lowest BCUT2D eigenvalue weighted by atomic mass is 9.92. The van der Waals surface area contributed by atoms with E-state index in [1.807, 2.05) is 24.3 Å². The molecule has 2 aromatic carbocycles. The van der Waals surface area contributed by atoms with Crippen LogP contribution < -0.4 is 14.8 Å². The lowest BCUT2D eigenvalue weighted by molar-refractivity contribution is -0.0506. The standard InChI is InChI=1S/C19H18F2N4O2/c1-26-16-8-4-3-7-13(16)15-10-14(24-19-22-11-23-25(15)19)12-6-2-5-9-17(12)27-18(20)21/h2-9,11,14-15,18H,10H2,1H3,(H,22,23,24)/t14-,15+/m0/s1. The van der Waals surface area contributed by atoms with Gasteiger partial charge in [-0.15, -0.1) is 0 Å². The zero-order chi connectivity index (χ0) is 18.8. The summed E-state index contributed by atoms with van der Waals surface area (Å²) in [5.74, 6) is 1.45. The molecule has 1 aliphatic rings. The van der Waals surface area contributed by atoms with Crippen LogP contribution in [0.15, 0.2) is 54.9 Å². The van der Waals surface area contributed by atoms with Gasteiger partial charge in [-0.2, -0.15) is 18.9 Å². The summed E-state index contributed by atoms with van der Waals surface area (Å²) in [7, 11) is 1.62. The van der Waals surface area contributed by atoms with Gasteiger partial charge in [0.2, 0.25) is 5.95 Å². The van der Waals surface area contributed by atoms with Crippen LogP contribution in [0.2, 0.25) is 0 Å². The van der Waals surface area contributed by atoms with Crippen LogP contribution in [-0.2, 0) is 0 Å². The molecular formula is C19H18F2N4O2. The number of alkyl halides is 2. The summed E-state index contributed by atoms with van der Waals surface area (Å²) in [6.07, 6.45) is 2.04. The van der Waals surface area contributed by atoms with Crippen molar-refractivity contribution in [2.24, 2.45) is 0 Å². The second-order valence-electron chi connectivity index (χ2n) is 6.13. The van der Waals surface area contributed by atoms with Gasteiger partial charge in [-0.05, 0) is 18.6 Å². The molecule has 0 amide bonds. The molecule has 27 heavy (non-hydrogen) atoms. The van der Waals surface area contributed by atoms with E-state index in [1.54, 1.807) is 36.1 Å². The SMILES string of the molecule is COc1ccccc1[C@H]1C[C@@H](c2ccccc2OC(F)F)Nc2ncnn21. The van der Waals surface area contributed by atoms with Crippen LogP contribution in [-0.4, -0.2) is 28.5 Å². The average Bonchev–Trinajstić information content (AvgIpc) is 3.16. The molecule has 3 aromatic rings. The Morgan fingerprint density at radius 3 is 2.52 bits per heavy atom. The monoisotopic (exact) mass is 372 g/mol. The molecule has 0 radical (unpaired) electrons. The Morgan fingerprint density at radius 2 is 1.78 bits per heavy atom. The number of aromatic nitrogens is 3. The van der Waals surface area contributed by atoms with E-state index in [0.29, 0.717) is 17.9 Å². The fraction of sp³-hybridized carbons (Fsp3) is 0.263. The maximum Gasteiger partial charge on any atom is 0.387 e. The van der Waals surface area contributed by atoms with Crippen LogP contribution in [0.4, 0.5) is 14.7 Å². The van der Waals surface area contributed by atoms with Crippen LogP contribution in [0.5, 0.6) is 11.5 Å². The van der Waals surface area contributed by atoms with Gasteiger partial charge in [0.05, 0.1) is 19.2 Å². The number of hydrogen-bond acceptors (Lipinski definition) is 5. The number of halogens is 2. The van der Waals surface area contributed by atoms with Crippen molar-refractivity contribution in [3.63, 3.8) is 0 Å². The van der Waals surface area contributed by atoms with Crippen LogP contribution in [0.3, 0.4) is 0 Å². The van der Waals surface area contributed by atoms with Crippen LogP contribution >= 0.6 is 0 Å². The van der Waals surface area contributed by atoms with Crippen molar-refractivity contribution in [1.29, 1.82) is 0 Å². The molecule has 0 saturated carbocycles. The van der Waals surface area contributed by atoms with Gasteiger partial charge < -0.3 is 14.8 Å². The summed E-state index contributed by atoms with van der Waals surface area (Å²) in [6, 6.07) is 14.0. The Balaban J connectivity index is 1.75. The van der Waals surface area contributed by atoms with E-state index < -0.39 is 6.61 Å². The molecule has 0 fully saturated rings. The highest BCUT2D eigenvalue weighted by Gasteiger charge is 2.33. The minimum Gasteiger partial charge on any atom is -0.496 e. The van der Waals surface area contributed by atoms with Gasteiger partial charge in [0, 0.05) is 11.1 Å². The van der Waals surface area contributed by atoms with Crippen molar-refractivity contribution in [3.8, 4) is 11.5 Å². The first-order valence-electron chi connectivity index (χ1n) is 8.50. The number of anilines is 1. The van der Waals surface area contributed by atoms with Crippen molar-refractivity contribution in [2.75, 3.05) is 12.4 Å². The largest absolute Gasteiger partial charge is 0.496 e. The summed E-state index contributed by atoms with van der Waals surface area (Å²) in [5.41, 5.74) is 1.59. The Bertz CT molecular complexity index is 931. The van der Waals surface area contributed by atoms with Crippen molar-refractivity contribution in [2.45, 2.75) is 25.1 Å². The van der Waals surface area contributed by atoms with Gasteiger partial charge in [-0.25, -0.2) is 4.68 Å². The minimum absolute atomic E-state index is 0.150. The van der Waals surface area contributed by atoms with Crippen LogP contribution in [0.1, 0.15) is 29.6 Å². The fourth-order valence-corrected chi connectivity index (χ4v) is 3.50. The van der Waals surface area contributed by atoms with E-state index in [4.69, 9.17) is 9.47 Å². The first kappa shape index (κ1) is 17.3. The smallest absolute Gasteiger partial charge is 0.387 e. The molecule has 0 spiro atoms. The average molecular weight is 372 g/mol. The third kappa shape index (κ3) is 3.30. The number of para-hydroxylation sites is 2. The van der Waals surface area contributed by atoms with E-state index in [1.165, 1.54) is 6.33 Å². The topological polar surface area (TPSA) is 61.2 Å². The third-order valence-corrected chi connectivity index (χ3v) is 4.64. The summed E-state index contributed by atoms with van der Waals surface area (Å²) in [5, 5.41) is 7.59. The second kappa shape index (κ2) is 7.22. The fourth-order valence-electron chi connectivity index (χ4n) is 3.50. The second-order valence-corrected chi connectivity index (χ2v) is 6.13. The molecule has 0 bridgehead atoms. The third-order valence-electron chi connectivity index (χ3n) is 4.64. The molecule has 6 nitrogen and oxygen atoms in total. The van der Waals surface area contributed by atoms with E-state index in [-0.39, 0.29) is 17.8 Å². The molecule has 1 N–H and O–H groups in total. The first-order chi connectivity index (χ1) is 13.2. The van der Waals surface area contributed by atoms with Gasteiger partial charge in [0.25, 0.3) is 0 Å². The number of hydrogen-bond donors (Lipinski definition) is 1. The maximum absolute atomic E-state index is 12.8.